The smallest absolute Gasteiger partial charge is 0.475 e. The van der Waals surface area contributed by atoms with Crippen LogP contribution in [0.1, 0.15) is 17.3 Å². The molecule has 0 saturated heterocycles. The van der Waals surface area contributed by atoms with Gasteiger partial charge in [-0.1, -0.05) is 30.3 Å². The van der Waals surface area contributed by atoms with Crippen LogP contribution in [-0.2, 0) is 27.4 Å². The second-order valence-corrected chi connectivity index (χ2v) is 6.45. The number of benzene rings is 1. The predicted octanol–water partition coefficient (Wildman–Crippen LogP) is 2.74. The first-order chi connectivity index (χ1) is 13.8. The third-order valence-corrected chi connectivity index (χ3v) is 4.22. The average Bonchev–Trinajstić information content (AvgIpc) is 3.15. The lowest BCUT2D eigenvalue weighted by atomic mass is 10.2. The minimum Gasteiger partial charge on any atom is -0.475 e. The van der Waals surface area contributed by atoms with E-state index in [2.05, 4.69) is 32.9 Å². The average molecular weight is 415 g/mol. The molecule has 1 atom stereocenters. The van der Waals surface area contributed by atoms with Gasteiger partial charge >= 0.3 is 12.1 Å². The lowest BCUT2D eigenvalue weighted by molar-refractivity contribution is -0.192. The lowest BCUT2D eigenvalue weighted by Gasteiger charge is -2.33. The number of carboxylic acid groups (broad SMARTS) is 1. The Morgan fingerprint density at radius 1 is 1.28 bits per heavy atom. The first-order valence-electron chi connectivity index (χ1n) is 8.96. The molecule has 29 heavy (non-hydrogen) atoms. The molecule has 0 bridgehead atoms. The van der Waals surface area contributed by atoms with Gasteiger partial charge in [-0.25, -0.2) is 4.79 Å². The van der Waals surface area contributed by atoms with Gasteiger partial charge in [0.25, 0.3) is 0 Å². The third kappa shape index (κ3) is 7.48. The zero-order valence-electron chi connectivity index (χ0n) is 16.0. The second-order valence-electron chi connectivity index (χ2n) is 6.45. The number of nitrogens with zero attached hydrogens (tertiary/aromatic N) is 3. The highest BCUT2D eigenvalue weighted by atomic mass is 19.4. The number of hydrogen-bond donors (Lipinski definition) is 1. The summed E-state index contributed by atoms with van der Waals surface area (Å²) in [5.41, 5.74) is 2.47. The molecule has 7 nitrogen and oxygen atoms in total. The van der Waals surface area contributed by atoms with Gasteiger partial charge in [0.2, 0.25) is 0 Å². The predicted molar refractivity (Wildman–Crippen MR) is 98.2 cm³/mol. The van der Waals surface area contributed by atoms with Crippen LogP contribution in [0.2, 0.25) is 0 Å². The number of methoxy groups -OCH3 is 1. The molecule has 3 rings (SSSR count). The molecule has 0 radical (unpaired) electrons. The molecule has 2 aromatic rings. The Morgan fingerprint density at radius 2 is 1.97 bits per heavy atom. The Morgan fingerprint density at radius 3 is 2.59 bits per heavy atom. The fourth-order valence-electron chi connectivity index (χ4n) is 2.91. The van der Waals surface area contributed by atoms with Gasteiger partial charge in [-0.15, -0.1) is 0 Å². The fraction of sp³-hybridized carbons (Fsp3) is 0.474. The number of fused-ring (bicyclic) bond motifs is 1. The van der Waals surface area contributed by atoms with Crippen LogP contribution < -0.4 is 0 Å². The van der Waals surface area contributed by atoms with E-state index in [4.69, 9.17) is 19.4 Å². The monoisotopic (exact) mass is 415 g/mol. The van der Waals surface area contributed by atoms with Crippen molar-refractivity contribution in [2.24, 2.45) is 0 Å². The van der Waals surface area contributed by atoms with E-state index in [1.807, 2.05) is 24.4 Å². The Labute approximate surface area is 166 Å². The van der Waals surface area contributed by atoms with Crippen LogP contribution in [0.25, 0.3) is 0 Å². The van der Waals surface area contributed by atoms with Gasteiger partial charge < -0.3 is 14.6 Å². The van der Waals surface area contributed by atoms with Crippen LogP contribution in [0.3, 0.4) is 0 Å². The Balaban J connectivity index is 0.000000370. The highest BCUT2D eigenvalue weighted by Crippen LogP contribution is 2.20. The number of halogens is 3. The Bertz CT molecular complexity index is 753. The summed E-state index contributed by atoms with van der Waals surface area (Å²) in [4.78, 5) is 11.3. The van der Waals surface area contributed by atoms with Gasteiger partial charge in [0.05, 0.1) is 31.6 Å². The fourth-order valence-corrected chi connectivity index (χ4v) is 2.91. The molecule has 0 saturated carbocycles. The van der Waals surface area contributed by atoms with Crippen molar-refractivity contribution in [3.63, 3.8) is 0 Å². The molecule has 0 fully saturated rings. The molecule has 1 aromatic carbocycles. The molecular weight excluding hydrogens is 391 g/mol. The molecule has 1 aliphatic heterocycles. The molecular formula is C19H24F3N3O4. The molecule has 160 valence electrons. The Hall–Kier alpha value is -2.43. The summed E-state index contributed by atoms with van der Waals surface area (Å²) < 4.78 is 44.9. The highest BCUT2D eigenvalue weighted by molar-refractivity contribution is 5.73. The number of alkyl halides is 3. The number of rotatable bonds is 7. The van der Waals surface area contributed by atoms with Gasteiger partial charge in [-0.3, -0.25) is 9.58 Å². The van der Waals surface area contributed by atoms with Gasteiger partial charge in [-0.2, -0.15) is 18.3 Å². The third-order valence-electron chi connectivity index (χ3n) is 4.22. The zero-order chi connectivity index (χ0) is 21.3. The number of hydrogen-bond acceptors (Lipinski definition) is 5. The maximum Gasteiger partial charge on any atom is 0.490 e. The van der Waals surface area contributed by atoms with Crippen molar-refractivity contribution in [3.05, 3.63) is 53.9 Å². The van der Waals surface area contributed by atoms with Crippen molar-refractivity contribution in [2.75, 3.05) is 33.4 Å². The van der Waals surface area contributed by atoms with Crippen molar-refractivity contribution in [2.45, 2.75) is 25.4 Å². The van der Waals surface area contributed by atoms with E-state index < -0.39 is 12.1 Å². The first-order valence-corrected chi connectivity index (χ1v) is 8.96. The molecule has 1 aliphatic rings. The number of ether oxygens (including phenoxy) is 2. The number of carboxylic acids is 1. The van der Waals surface area contributed by atoms with E-state index in [0.29, 0.717) is 13.2 Å². The quantitative estimate of drug-likeness (QED) is 0.701. The van der Waals surface area contributed by atoms with Crippen molar-refractivity contribution >= 4 is 5.97 Å². The van der Waals surface area contributed by atoms with E-state index in [9.17, 15) is 13.2 Å². The summed E-state index contributed by atoms with van der Waals surface area (Å²) in [7, 11) is 1.74. The van der Waals surface area contributed by atoms with E-state index in [1.165, 1.54) is 11.3 Å². The summed E-state index contributed by atoms with van der Waals surface area (Å²) in [5.74, 6) is -2.76. The molecule has 0 aliphatic carbocycles. The molecule has 1 unspecified atom stereocenters. The summed E-state index contributed by atoms with van der Waals surface area (Å²) in [6.45, 7) is 4.91. The largest absolute Gasteiger partial charge is 0.490 e. The van der Waals surface area contributed by atoms with Crippen LogP contribution >= 0.6 is 0 Å². The minimum absolute atomic E-state index is 0.290. The van der Waals surface area contributed by atoms with E-state index in [-0.39, 0.29) is 6.04 Å². The summed E-state index contributed by atoms with van der Waals surface area (Å²) in [6.07, 6.45) is -3.21. The summed E-state index contributed by atoms with van der Waals surface area (Å²) >= 11 is 0. The molecule has 10 heteroatoms. The molecule has 1 N–H and O–H groups in total. The molecule has 0 amide bonds. The molecule has 0 spiro atoms. The van der Waals surface area contributed by atoms with Crippen molar-refractivity contribution in [3.8, 4) is 0 Å². The van der Waals surface area contributed by atoms with Crippen molar-refractivity contribution < 1.29 is 32.5 Å². The SMILES string of the molecule is COCC1CN(CCOCc2ccccc2)Cc2ccnn21.O=C(O)C(F)(F)F. The Kier molecular flexibility index (Phi) is 8.62. The highest BCUT2D eigenvalue weighted by Gasteiger charge is 2.38. The van der Waals surface area contributed by atoms with Crippen LogP contribution in [-0.4, -0.2) is 65.3 Å². The number of aliphatic carboxylic acids is 1. The van der Waals surface area contributed by atoms with Crippen molar-refractivity contribution in [1.82, 2.24) is 14.7 Å². The lowest BCUT2D eigenvalue weighted by Crippen LogP contribution is -2.40. The number of carbonyl (C=O) groups is 1. The standard InChI is InChI=1S/C17H23N3O2.C2HF3O2/c1-21-14-17-12-19(11-16-7-8-18-20(16)17)9-10-22-13-15-5-3-2-4-6-15;3-2(4,5)1(6)7/h2-8,17H,9-14H2,1H3;(H,6,7). The van der Waals surface area contributed by atoms with Crippen LogP contribution in [0.4, 0.5) is 13.2 Å². The maximum absolute atomic E-state index is 10.6. The van der Waals surface area contributed by atoms with Crippen LogP contribution in [0.5, 0.6) is 0 Å². The van der Waals surface area contributed by atoms with Crippen LogP contribution in [0.15, 0.2) is 42.6 Å². The molecule has 2 heterocycles. The van der Waals surface area contributed by atoms with Crippen molar-refractivity contribution in [1.29, 1.82) is 0 Å². The topological polar surface area (TPSA) is 76.8 Å². The van der Waals surface area contributed by atoms with Gasteiger partial charge in [-0.05, 0) is 11.6 Å². The minimum atomic E-state index is -5.08. The zero-order valence-corrected chi connectivity index (χ0v) is 16.0. The number of aromatic nitrogens is 2. The van der Waals surface area contributed by atoms with E-state index in [0.717, 1.165) is 26.2 Å². The van der Waals surface area contributed by atoms with Gasteiger partial charge in [0.15, 0.2) is 0 Å². The van der Waals surface area contributed by atoms with E-state index >= 15 is 0 Å². The maximum atomic E-state index is 10.6. The van der Waals surface area contributed by atoms with E-state index in [1.54, 1.807) is 7.11 Å². The second kappa shape index (κ2) is 10.9. The van der Waals surface area contributed by atoms with Crippen LogP contribution in [0, 0.1) is 0 Å². The van der Waals surface area contributed by atoms with Gasteiger partial charge in [0.1, 0.15) is 0 Å². The summed E-state index contributed by atoms with van der Waals surface area (Å²) in [6, 6.07) is 12.7. The van der Waals surface area contributed by atoms with Gasteiger partial charge in [0, 0.05) is 32.9 Å². The molecule has 1 aromatic heterocycles. The first kappa shape index (κ1) is 22.9. The summed E-state index contributed by atoms with van der Waals surface area (Å²) in [5, 5.41) is 11.5. The normalized spacial score (nSPS) is 16.6.